The third-order valence-corrected chi connectivity index (χ3v) is 4.07. The van der Waals surface area contributed by atoms with Crippen LogP contribution in [0.15, 0.2) is 0 Å². The van der Waals surface area contributed by atoms with Gasteiger partial charge in [0.15, 0.2) is 0 Å². The second kappa shape index (κ2) is 5.97. The Labute approximate surface area is 106 Å². The fraction of sp³-hybridized carbons (Fsp3) is 0.923. The molecule has 0 aromatic rings. The Morgan fingerprint density at radius 1 is 1.38 bits per heavy atom. The molecule has 3 heteroatoms. The Kier molecular flexibility index (Phi) is 5.19. The van der Waals surface area contributed by atoms with Crippen LogP contribution in [0.4, 0.5) is 0 Å². The van der Waals surface area contributed by atoms with Gasteiger partial charge in [-0.25, -0.2) is 0 Å². The first-order valence-electron chi connectivity index (χ1n) is 6.39. The lowest BCUT2D eigenvalue weighted by Crippen LogP contribution is -2.37. The quantitative estimate of drug-likeness (QED) is 0.752. The summed E-state index contributed by atoms with van der Waals surface area (Å²) < 4.78 is 0. The lowest BCUT2D eigenvalue weighted by Gasteiger charge is -2.38. The topological polar surface area (TPSA) is 29.3 Å². The molecule has 0 atom stereocenters. The number of nitrogens with two attached hydrogens (primary N) is 1. The SMILES string of the molecule is CN(CCCC(N)=S)C1CCC(C)(C)CC1. The Morgan fingerprint density at radius 2 is 1.94 bits per heavy atom. The van der Waals surface area contributed by atoms with Crippen LogP contribution in [0.3, 0.4) is 0 Å². The summed E-state index contributed by atoms with van der Waals surface area (Å²) >= 11 is 4.89. The van der Waals surface area contributed by atoms with Crippen LogP contribution in [0.1, 0.15) is 52.4 Å². The fourth-order valence-electron chi connectivity index (χ4n) is 2.51. The third-order valence-electron chi connectivity index (χ3n) is 3.87. The molecule has 0 radical (unpaired) electrons. The van der Waals surface area contributed by atoms with Crippen LogP contribution in [0.2, 0.25) is 0 Å². The van der Waals surface area contributed by atoms with Crippen molar-refractivity contribution in [2.24, 2.45) is 11.1 Å². The number of rotatable bonds is 5. The van der Waals surface area contributed by atoms with E-state index in [1.54, 1.807) is 0 Å². The molecule has 0 aromatic heterocycles. The largest absolute Gasteiger partial charge is 0.393 e. The van der Waals surface area contributed by atoms with E-state index in [1.165, 1.54) is 25.7 Å². The minimum absolute atomic E-state index is 0.566. The Hall–Kier alpha value is -0.150. The number of hydrogen-bond acceptors (Lipinski definition) is 2. The highest BCUT2D eigenvalue weighted by molar-refractivity contribution is 7.80. The molecule has 94 valence electrons. The molecule has 1 fully saturated rings. The molecule has 0 aliphatic heterocycles. The Bertz CT molecular complexity index is 228. The lowest BCUT2D eigenvalue weighted by atomic mass is 9.75. The van der Waals surface area contributed by atoms with Crippen molar-refractivity contribution in [3.63, 3.8) is 0 Å². The van der Waals surface area contributed by atoms with Gasteiger partial charge in [-0.15, -0.1) is 0 Å². The van der Waals surface area contributed by atoms with E-state index in [1.807, 2.05) is 0 Å². The van der Waals surface area contributed by atoms with Gasteiger partial charge in [0, 0.05) is 6.04 Å². The molecule has 0 unspecified atom stereocenters. The Balaban J connectivity index is 2.22. The van der Waals surface area contributed by atoms with Crippen LogP contribution >= 0.6 is 12.2 Å². The molecule has 16 heavy (non-hydrogen) atoms. The summed E-state index contributed by atoms with van der Waals surface area (Å²) in [6, 6.07) is 0.777. The smallest absolute Gasteiger partial charge is 0.0727 e. The van der Waals surface area contributed by atoms with Gasteiger partial charge < -0.3 is 10.6 Å². The van der Waals surface area contributed by atoms with Crippen LogP contribution in [-0.4, -0.2) is 29.5 Å². The van der Waals surface area contributed by atoms with Gasteiger partial charge in [0.2, 0.25) is 0 Å². The average Bonchev–Trinajstić information content (AvgIpc) is 2.16. The minimum Gasteiger partial charge on any atom is -0.393 e. The van der Waals surface area contributed by atoms with E-state index in [4.69, 9.17) is 18.0 Å². The van der Waals surface area contributed by atoms with Crippen molar-refractivity contribution in [3.8, 4) is 0 Å². The van der Waals surface area contributed by atoms with E-state index in [0.717, 1.165) is 25.4 Å². The summed E-state index contributed by atoms with van der Waals surface area (Å²) in [7, 11) is 2.24. The van der Waals surface area contributed by atoms with Crippen LogP contribution < -0.4 is 5.73 Å². The summed E-state index contributed by atoms with van der Waals surface area (Å²) in [5, 5.41) is 0. The van der Waals surface area contributed by atoms with E-state index < -0.39 is 0 Å². The van der Waals surface area contributed by atoms with Crippen LogP contribution in [0, 0.1) is 5.41 Å². The molecule has 0 heterocycles. The first-order valence-corrected chi connectivity index (χ1v) is 6.80. The van der Waals surface area contributed by atoms with Crippen molar-refractivity contribution in [1.82, 2.24) is 4.90 Å². The fourth-order valence-corrected chi connectivity index (χ4v) is 2.65. The van der Waals surface area contributed by atoms with E-state index in [0.29, 0.717) is 10.4 Å². The zero-order valence-electron chi connectivity index (χ0n) is 11.0. The van der Waals surface area contributed by atoms with Gasteiger partial charge in [-0.05, 0) is 57.5 Å². The van der Waals surface area contributed by atoms with Gasteiger partial charge in [-0.2, -0.15) is 0 Å². The normalized spacial score (nSPS) is 21.2. The maximum Gasteiger partial charge on any atom is 0.0727 e. The molecule has 0 bridgehead atoms. The van der Waals surface area contributed by atoms with Gasteiger partial charge >= 0.3 is 0 Å². The zero-order valence-corrected chi connectivity index (χ0v) is 11.8. The van der Waals surface area contributed by atoms with Crippen molar-refractivity contribution in [2.75, 3.05) is 13.6 Å². The van der Waals surface area contributed by atoms with E-state index in [-0.39, 0.29) is 0 Å². The van der Waals surface area contributed by atoms with E-state index in [9.17, 15) is 0 Å². The second-order valence-electron chi connectivity index (χ2n) is 5.95. The molecular formula is C13H26N2S. The monoisotopic (exact) mass is 242 g/mol. The third kappa shape index (κ3) is 4.79. The zero-order chi connectivity index (χ0) is 12.2. The van der Waals surface area contributed by atoms with Crippen LogP contribution in [0.25, 0.3) is 0 Å². The highest BCUT2D eigenvalue weighted by atomic mass is 32.1. The molecule has 1 saturated carbocycles. The molecule has 2 N–H and O–H groups in total. The highest BCUT2D eigenvalue weighted by Crippen LogP contribution is 2.36. The van der Waals surface area contributed by atoms with Crippen LogP contribution in [-0.2, 0) is 0 Å². The van der Waals surface area contributed by atoms with E-state index in [2.05, 4.69) is 25.8 Å². The van der Waals surface area contributed by atoms with Gasteiger partial charge in [0.05, 0.1) is 4.99 Å². The number of hydrogen-bond donors (Lipinski definition) is 1. The summed E-state index contributed by atoms with van der Waals surface area (Å²) in [4.78, 5) is 3.14. The number of thiocarbonyl (C=S) groups is 1. The van der Waals surface area contributed by atoms with Gasteiger partial charge in [-0.1, -0.05) is 26.1 Å². The standard InChI is InChI=1S/C13H26N2S/c1-13(2)8-6-11(7-9-13)15(3)10-4-5-12(14)16/h11H,4-10H2,1-3H3,(H2,14,16). The van der Waals surface area contributed by atoms with Crippen LogP contribution in [0.5, 0.6) is 0 Å². The summed E-state index contributed by atoms with van der Waals surface area (Å²) in [6.45, 7) is 5.90. The predicted octanol–water partition coefficient (Wildman–Crippen LogP) is 2.95. The maximum atomic E-state index is 5.51. The van der Waals surface area contributed by atoms with Crippen molar-refractivity contribution >= 4 is 17.2 Å². The first kappa shape index (κ1) is 13.9. The highest BCUT2D eigenvalue weighted by Gasteiger charge is 2.28. The molecule has 1 aliphatic rings. The molecule has 0 spiro atoms. The molecule has 0 aromatic carbocycles. The summed E-state index contributed by atoms with van der Waals surface area (Å²) in [5.41, 5.74) is 6.07. The molecule has 1 rings (SSSR count). The van der Waals surface area contributed by atoms with Gasteiger partial charge in [0.1, 0.15) is 0 Å². The predicted molar refractivity (Wildman–Crippen MR) is 74.7 cm³/mol. The second-order valence-corrected chi connectivity index (χ2v) is 6.47. The number of nitrogens with zero attached hydrogens (tertiary/aromatic N) is 1. The van der Waals surface area contributed by atoms with Gasteiger partial charge in [-0.3, -0.25) is 0 Å². The summed E-state index contributed by atoms with van der Waals surface area (Å²) in [6.07, 6.45) is 7.39. The van der Waals surface area contributed by atoms with Crippen molar-refractivity contribution < 1.29 is 0 Å². The van der Waals surface area contributed by atoms with Crippen molar-refractivity contribution in [2.45, 2.75) is 58.4 Å². The summed E-state index contributed by atoms with van der Waals surface area (Å²) in [5.74, 6) is 0. The Morgan fingerprint density at radius 3 is 2.44 bits per heavy atom. The molecular weight excluding hydrogens is 216 g/mol. The molecule has 1 aliphatic carbocycles. The average molecular weight is 242 g/mol. The minimum atomic E-state index is 0.566. The maximum absolute atomic E-state index is 5.51. The van der Waals surface area contributed by atoms with Crippen molar-refractivity contribution in [1.29, 1.82) is 0 Å². The molecule has 0 saturated heterocycles. The van der Waals surface area contributed by atoms with Gasteiger partial charge in [0.25, 0.3) is 0 Å². The first-order chi connectivity index (χ1) is 7.41. The lowest BCUT2D eigenvalue weighted by molar-refractivity contribution is 0.127. The molecule has 2 nitrogen and oxygen atoms in total. The van der Waals surface area contributed by atoms with E-state index >= 15 is 0 Å². The van der Waals surface area contributed by atoms with Crippen molar-refractivity contribution in [3.05, 3.63) is 0 Å². The molecule has 0 amide bonds.